The second-order valence-electron chi connectivity index (χ2n) is 4.48. The second-order valence-corrected chi connectivity index (χ2v) is 4.91. The highest BCUT2D eigenvalue weighted by atomic mass is 35.5. The molecule has 2 aromatic rings. The van der Waals surface area contributed by atoms with Gasteiger partial charge >= 0.3 is 0 Å². The summed E-state index contributed by atoms with van der Waals surface area (Å²) in [6.45, 7) is 0. The number of aliphatic hydroxyl groups is 1. The number of imidazole rings is 1. The van der Waals surface area contributed by atoms with Crippen molar-refractivity contribution in [3.05, 3.63) is 53.1 Å². The van der Waals surface area contributed by atoms with Crippen LogP contribution in [0.25, 0.3) is 0 Å². The number of aromatic nitrogens is 2. The van der Waals surface area contributed by atoms with E-state index >= 15 is 0 Å². The second kappa shape index (κ2) is 6.03. The summed E-state index contributed by atoms with van der Waals surface area (Å²) in [6.07, 6.45) is 5.51. The van der Waals surface area contributed by atoms with Gasteiger partial charge in [0.15, 0.2) is 0 Å². The highest BCUT2D eigenvalue weighted by Gasteiger charge is 2.08. The first-order valence-electron chi connectivity index (χ1n) is 6.04. The van der Waals surface area contributed by atoms with Crippen LogP contribution in [-0.4, -0.2) is 20.8 Å². The molecule has 0 amide bonds. The lowest BCUT2D eigenvalue weighted by molar-refractivity contribution is 0.164. The van der Waals surface area contributed by atoms with E-state index in [1.165, 1.54) is 0 Å². The first-order chi connectivity index (χ1) is 8.65. The molecule has 0 bridgehead atoms. The molecule has 0 fully saturated rings. The molecule has 96 valence electrons. The van der Waals surface area contributed by atoms with Crippen LogP contribution in [0.3, 0.4) is 0 Å². The van der Waals surface area contributed by atoms with E-state index in [2.05, 4.69) is 4.98 Å². The van der Waals surface area contributed by atoms with Gasteiger partial charge in [0.25, 0.3) is 0 Å². The molecule has 18 heavy (non-hydrogen) atoms. The fourth-order valence-electron chi connectivity index (χ4n) is 1.93. The lowest BCUT2D eigenvalue weighted by atomic mass is 10.0. The van der Waals surface area contributed by atoms with Crippen LogP contribution in [-0.2, 0) is 19.9 Å². The molecule has 1 aromatic carbocycles. The van der Waals surface area contributed by atoms with Gasteiger partial charge in [-0.25, -0.2) is 4.98 Å². The van der Waals surface area contributed by atoms with Crippen molar-refractivity contribution in [1.82, 2.24) is 9.55 Å². The first-order valence-corrected chi connectivity index (χ1v) is 6.41. The molecule has 0 saturated carbocycles. The van der Waals surface area contributed by atoms with Crippen LogP contribution in [0.4, 0.5) is 0 Å². The molecule has 3 nitrogen and oxygen atoms in total. The van der Waals surface area contributed by atoms with E-state index in [-0.39, 0.29) is 6.10 Å². The Bertz CT molecular complexity index is 493. The summed E-state index contributed by atoms with van der Waals surface area (Å²) in [7, 11) is 1.97. The summed E-state index contributed by atoms with van der Waals surface area (Å²) in [5.74, 6) is 1.00. The Kier molecular flexibility index (Phi) is 4.39. The predicted molar refractivity (Wildman–Crippen MR) is 72.7 cm³/mol. The van der Waals surface area contributed by atoms with Gasteiger partial charge in [0.05, 0.1) is 6.10 Å². The molecular formula is C14H17ClN2O. The number of halogens is 1. The van der Waals surface area contributed by atoms with Crippen LogP contribution in [0.2, 0.25) is 5.02 Å². The Morgan fingerprint density at radius 3 is 2.67 bits per heavy atom. The molecule has 2 rings (SSSR count). The van der Waals surface area contributed by atoms with Crippen molar-refractivity contribution in [2.24, 2.45) is 7.05 Å². The number of aliphatic hydroxyl groups excluding tert-OH is 1. The Balaban J connectivity index is 1.83. The summed E-state index contributed by atoms with van der Waals surface area (Å²) in [6, 6.07) is 7.60. The summed E-state index contributed by atoms with van der Waals surface area (Å²) in [5, 5.41) is 10.7. The van der Waals surface area contributed by atoms with Crippen LogP contribution < -0.4 is 0 Å². The van der Waals surface area contributed by atoms with E-state index < -0.39 is 0 Å². The Morgan fingerprint density at radius 1 is 1.33 bits per heavy atom. The van der Waals surface area contributed by atoms with Crippen molar-refractivity contribution < 1.29 is 5.11 Å². The maximum atomic E-state index is 9.99. The summed E-state index contributed by atoms with van der Waals surface area (Å²) < 4.78 is 1.98. The first kappa shape index (κ1) is 13.1. The van der Waals surface area contributed by atoms with Gasteiger partial charge in [0.2, 0.25) is 0 Å². The maximum absolute atomic E-state index is 9.99. The van der Waals surface area contributed by atoms with Gasteiger partial charge in [-0.3, -0.25) is 0 Å². The molecule has 0 radical (unpaired) electrons. The van der Waals surface area contributed by atoms with Crippen LogP contribution in [0.5, 0.6) is 0 Å². The maximum Gasteiger partial charge on any atom is 0.108 e. The molecule has 0 aliphatic rings. The van der Waals surface area contributed by atoms with E-state index in [0.717, 1.165) is 22.8 Å². The number of benzene rings is 1. The smallest absolute Gasteiger partial charge is 0.108 e. The average Bonchev–Trinajstić information content (AvgIpc) is 2.75. The average molecular weight is 265 g/mol. The van der Waals surface area contributed by atoms with Gasteiger partial charge in [-0.2, -0.15) is 0 Å². The Hall–Kier alpha value is -1.32. The highest BCUT2D eigenvalue weighted by molar-refractivity contribution is 6.30. The normalized spacial score (nSPS) is 12.6. The van der Waals surface area contributed by atoms with Crippen LogP contribution >= 0.6 is 11.6 Å². The molecule has 0 saturated heterocycles. The largest absolute Gasteiger partial charge is 0.393 e. The van der Waals surface area contributed by atoms with E-state index in [0.29, 0.717) is 12.8 Å². The topological polar surface area (TPSA) is 38.0 Å². The van der Waals surface area contributed by atoms with Crippen LogP contribution in [0.1, 0.15) is 17.8 Å². The summed E-state index contributed by atoms with van der Waals surface area (Å²) >= 11 is 5.82. The lowest BCUT2D eigenvalue weighted by Crippen LogP contribution is -2.13. The standard InChI is InChI=1S/C14H17ClN2O/c1-17-9-8-16-14(17)7-6-13(18)10-11-2-4-12(15)5-3-11/h2-5,8-9,13,18H,6-7,10H2,1H3. The quantitative estimate of drug-likeness (QED) is 0.902. The third-order valence-corrected chi connectivity index (χ3v) is 3.26. The number of hydrogen-bond acceptors (Lipinski definition) is 2. The number of aryl methyl sites for hydroxylation is 2. The van der Waals surface area contributed by atoms with Crippen molar-refractivity contribution in [3.63, 3.8) is 0 Å². The molecule has 4 heteroatoms. The minimum absolute atomic E-state index is 0.345. The van der Waals surface area contributed by atoms with E-state index in [4.69, 9.17) is 11.6 Å². The van der Waals surface area contributed by atoms with Crippen LogP contribution in [0.15, 0.2) is 36.7 Å². The summed E-state index contributed by atoms with van der Waals surface area (Å²) in [5.41, 5.74) is 1.10. The minimum Gasteiger partial charge on any atom is -0.393 e. The SMILES string of the molecule is Cn1ccnc1CCC(O)Cc1ccc(Cl)cc1. The third kappa shape index (κ3) is 3.59. The molecule has 0 spiro atoms. The Morgan fingerprint density at radius 2 is 2.06 bits per heavy atom. The lowest BCUT2D eigenvalue weighted by Gasteiger charge is -2.10. The van der Waals surface area contributed by atoms with Gasteiger partial charge in [0, 0.05) is 30.9 Å². The molecule has 1 atom stereocenters. The summed E-state index contributed by atoms with van der Waals surface area (Å²) in [4.78, 5) is 4.24. The minimum atomic E-state index is -0.345. The van der Waals surface area contributed by atoms with Crippen molar-refractivity contribution in [2.45, 2.75) is 25.4 Å². The van der Waals surface area contributed by atoms with Gasteiger partial charge in [0.1, 0.15) is 5.82 Å². The van der Waals surface area contributed by atoms with Gasteiger partial charge in [-0.05, 0) is 30.5 Å². The van der Waals surface area contributed by atoms with Crippen molar-refractivity contribution in [1.29, 1.82) is 0 Å². The zero-order valence-electron chi connectivity index (χ0n) is 10.4. The molecular weight excluding hydrogens is 248 g/mol. The zero-order chi connectivity index (χ0) is 13.0. The Labute approximate surface area is 112 Å². The molecule has 1 unspecified atom stereocenters. The number of nitrogens with zero attached hydrogens (tertiary/aromatic N) is 2. The van der Waals surface area contributed by atoms with Gasteiger partial charge in [-0.15, -0.1) is 0 Å². The van der Waals surface area contributed by atoms with E-state index in [1.54, 1.807) is 6.20 Å². The molecule has 0 aliphatic carbocycles. The number of rotatable bonds is 5. The van der Waals surface area contributed by atoms with Crippen LogP contribution in [0, 0.1) is 0 Å². The fraction of sp³-hybridized carbons (Fsp3) is 0.357. The van der Waals surface area contributed by atoms with E-state index in [1.807, 2.05) is 42.1 Å². The van der Waals surface area contributed by atoms with Gasteiger partial charge < -0.3 is 9.67 Å². The van der Waals surface area contributed by atoms with Crippen molar-refractivity contribution in [3.8, 4) is 0 Å². The zero-order valence-corrected chi connectivity index (χ0v) is 11.1. The monoisotopic (exact) mass is 264 g/mol. The van der Waals surface area contributed by atoms with E-state index in [9.17, 15) is 5.11 Å². The molecule has 1 N–H and O–H groups in total. The predicted octanol–water partition coefficient (Wildman–Crippen LogP) is 2.61. The third-order valence-electron chi connectivity index (χ3n) is 3.01. The van der Waals surface area contributed by atoms with Crippen molar-refractivity contribution >= 4 is 11.6 Å². The molecule has 1 aromatic heterocycles. The molecule has 1 heterocycles. The fourth-order valence-corrected chi connectivity index (χ4v) is 2.05. The highest BCUT2D eigenvalue weighted by Crippen LogP contribution is 2.13. The van der Waals surface area contributed by atoms with Gasteiger partial charge in [-0.1, -0.05) is 23.7 Å². The molecule has 0 aliphatic heterocycles. The number of hydrogen-bond donors (Lipinski definition) is 1. The van der Waals surface area contributed by atoms with Crippen molar-refractivity contribution in [2.75, 3.05) is 0 Å².